The van der Waals surface area contributed by atoms with E-state index >= 15 is 0 Å². The van der Waals surface area contributed by atoms with Crippen LogP contribution in [0.4, 0.5) is 17.5 Å². The second-order valence-corrected chi connectivity index (χ2v) is 7.96. The summed E-state index contributed by atoms with van der Waals surface area (Å²) in [5.41, 5.74) is 11.2. The van der Waals surface area contributed by atoms with Gasteiger partial charge in [-0.1, -0.05) is 18.2 Å². The van der Waals surface area contributed by atoms with Gasteiger partial charge in [-0.25, -0.2) is 15.0 Å². The van der Waals surface area contributed by atoms with Gasteiger partial charge in [0.1, 0.15) is 22.9 Å². The van der Waals surface area contributed by atoms with E-state index < -0.39 is 0 Å². The van der Waals surface area contributed by atoms with Crippen LogP contribution in [0.25, 0.3) is 33.5 Å². The highest BCUT2D eigenvalue weighted by molar-refractivity contribution is 5.87. The molecule has 9 heteroatoms. The molecular weight excluding hydrogens is 426 g/mol. The van der Waals surface area contributed by atoms with Crippen molar-refractivity contribution < 1.29 is 0 Å². The van der Waals surface area contributed by atoms with Crippen LogP contribution in [-0.4, -0.2) is 42.8 Å². The zero-order chi connectivity index (χ0) is 23.5. The number of aryl methyl sites for hydroxylation is 2. The van der Waals surface area contributed by atoms with Gasteiger partial charge >= 0.3 is 0 Å². The van der Waals surface area contributed by atoms with Crippen molar-refractivity contribution in [2.75, 3.05) is 29.5 Å². The maximum Gasteiger partial charge on any atom is 0.169 e. The van der Waals surface area contributed by atoms with E-state index in [1.165, 1.54) is 0 Å². The number of hydrogen-bond donors (Lipinski definition) is 3. The van der Waals surface area contributed by atoms with Gasteiger partial charge in [0.25, 0.3) is 0 Å². The van der Waals surface area contributed by atoms with Gasteiger partial charge in [0.15, 0.2) is 11.6 Å². The molecule has 4 aromatic heterocycles. The number of pyridine rings is 2. The SMILES string of the molecule is Cc1cccc(NCCNc2nc(-c3ccc4ncccc4c3)c(-c3ccn(C)n3)nc2N)n1. The van der Waals surface area contributed by atoms with E-state index in [1.807, 2.05) is 68.7 Å². The minimum absolute atomic E-state index is 0.320. The molecule has 0 bridgehead atoms. The number of benzene rings is 1. The Labute approximate surface area is 197 Å². The third-order valence-electron chi connectivity index (χ3n) is 5.37. The summed E-state index contributed by atoms with van der Waals surface area (Å²) in [6.45, 7) is 3.21. The number of fused-ring (bicyclic) bond motifs is 1. The van der Waals surface area contributed by atoms with Gasteiger partial charge < -0.3 is 16.4 Å². The number of nitrogens with two attached hydrogens (primary N) is 1. The first-order valence-corrected chi connectivity index (χ1v) is 11.0. The molecule has 0 spiro atoms. The smallest absolute Gasteiger partial charge is 0.169 e. The zero-order valence-corrected chi connectivity index (χ0v) is 19.0. The molecule has 0 aliphatic rings. The van der Waals surface area contributed by atoms with Crippen LogP contribution in [0.2, 0.25) is 0 Å². The monoisotopic (exact) mass is 451 g/mol. The van der Waals surface area contributed by atoms with E-state index in [-0.39, 0.29) is 0 Å². The molecule has 0 aliphatic heterocycles. The topological polar surface area (TPSA) is 119 Å². The van der Waals surface area contributed by atoms with Crippen LogP contribution in [0, 0.1) is 6.92 Å². The largest absolute Gasteiger partial charge is 0.381 e. The minimum atomic E-state index is 0.320. The molecule has 4 N–H and O–H groups in total. The maximum atomic E-state index is 6.30. The van der Waals surface area contributed by atoms with Crippen LogP contribution in [0.5, 0.6) is 0 Å². The first-order valence-electron chi connectivity index (χ1n) is 11.0. The van der Waals surface area contributed by atoms with Crippen LogP contribution in [-0.2, 0) is 7.05 Å². The lowest BCUT2D eigenvalue weighted by molar-refractivity contribution is 0.770. The van der Waals surface area contributed by atoms with E-state index in [0.29, 0.717) is 41.8 Å². The number of aromatic nitrogens is 6. The Morgan fingerprint density at radius 1 is 0.912 bits per heavy atom. The second kappa shape index (κ2) is 9.14. The van der Waals surface area contributed by atoms with Crippen LogP contribution >= 0.6 is 0 Å². The van der Waals surface area contributed by atoms with Crippen molar-refractivity contribution in [2.24, 2.45) is 7.05 Å². The molecule has 0 saturated heterocycles. The fourth-order valence-corrected chi connectivity index (χ4v) is 3.74. The molecule has 9 nitrogen and oxygen atoms in total. The van der Waals surface area contributed by atoms with Crippen molar-refractivity contribution >= 4 is 28.4 Å². The summed E-state index contributed by atoms with van der Waals surface area (Å²) in [6.07, 6.45) is 3.66. The third kappa shape index (κ3) is 4.49. The highest BCUT2D eigenvalue weighted by atomic mass is 15.3. The first-order chi connectivity index (χ1) is 16.6. The maximum absolute atomic E-state index is 6.30. The summed E-state index contributed by atoms with van der Waals surface area (Å²) >= 11 is 0. The molecule has 0 radical (unpaired) electrons. The highest BCUT2D eigenvalue weighted by Gasteiger charge is 2.17. The first kappa shape index (κ1) is 21.3. The second-order valence-electron chi connectivity index (χ2n) is 7.96. The van der Waals surface area contributed by atoms with Gasteiger partial charge in [0, 0.05) is 49.2 Å². The molecule has 0 fully saturated rings. The number of nitrogens with one attached hydrogen (secondary N) is 2. The Balaban J connectivity index is 1.45. The summed E-state index contributed by atoms with van der Waals surface area (Å²) < 4.78 is 1.73. The Hall–Kier alpha value is -4.53. The summed E-state index contributed by atoms with van der Waals surface area (Å²) in [7, 11) is 1.87. The summed E-state index contributed by atoms with van der Waals surface area (Å²) in [5.74, 6) is 1.68. The lowest BCUT2D eigenvalue weighted by Gasteiger charge is -2.14. The molecule has 0 unspecified atom stereocenters. The molecule has 5 aromatic rings. The van der Waals surface area contributed by atoms with Gasteiger partial charge in [-0.3, -0.25) is 9.67 Å². The number of rotatable bonds is 7. The van der Waals surface area contributed by atoms with Crippen molar-refractivity contribution in [1.82, 2.24) is 29.7 Å². The fourth-order valence-electron chi connectivity index (χ4n) is 3.74. The molecule has 0 aliphatic carbocycles. The van der Waals surface area contributed by atoms with Crippen LogP contribution in [0.3, 0.4) is 0 Å². The minimum Gasteiger partial charge on any atom is -0.381 e. The average Bonchev–Trinajstić information content (AvgIpc) is 3.28. The molecule has 4 heterocycles. The van der Waals surface area contributed by atoms with Gasteiger partial charge in [0.2, 0.25) is 0 Å². The summed E-state index contributed by atoms with van der Waals surface area (Å²) in [6, 6.07) is 17.8. The van der Waals surface area contributed by atoms with E-state index in [2.05, 4.69) is 31.8 Å². The van der Waals surface area contributed by atoms with E-state index in [0.717, 1.165) is 28.0 Å². The highest BCUT2D eigenvalue weighted by Crippen LogP contribution is 2.32. The average molecular weight is 452 g/mol. The zero-order valence-electron chi connectivity index (χ0n) is 19.0. The van der Waals surface area contributed by atoms with Crippen LogP contribution in [0.1, 0.15) is 5.69 Å². The fraction of sp³-hybridized carbons (Fsp3) is 0.160. The van der Waals surface area contributed by atoms with Crippen molar-refractivity contribution in [1.29, 1.82) is 0 Å². The molecule has 5 rings (SSSR count). The van der Waals surface area contributed by atoms with Gasteiger partial charge in [-0.15, -0.1) is 0 Å². The number of nitrogen functional groups attached to an aromatic ring is 1. The van der Waals surface area contributed by atoms with Crippen molar-refractivity contribution in [3.05, 3.63) is 72.7 Å². The summed E-state index contributed by atoms with van der Waals surface area (Å²) in [5, 5.41) is 12.1. The van der Waals surface area contributed by atoms with Gasteiger partial charge in [0.05, 0.1) is 5.52 Å². The van der Waals surface area contributed by atoms with Crippen molar-refractivity contribution in [3.63, 3.8) is 0 Å². The van der Waals surface area contributed by atoms with Crippen LogP contribution < -0.4 is 16.4 Å². The van der Waals surface area contributed by atoms with E-state index in [4.69, 9.17) is 15.7 Å². The lowest BCUT2D eigenvalue weighted by atomic mass is 10.0. The van der Waals surface area contributed by atoms with E-state index in [9.17, 15) is 0 Å². The Morgan fingerprint density at radius 3 is 2.62 bits per heavy atom. The molecule has 0 saturated carbocycles. The Morgan fingerprint density at radius 2 is 1.79 bits per heavy atom. The molecule has 34 heavy (non-hydrogen) atoms. The lowest BCUT2D eigenvalue weighted by Crippen LogP contribution is -2.17. The van der Waals surface area contributed by atoms with Gasteiger partial charge in [-0.2, -0.15) is 5.10 Å². The van der Waals surface area contributed by atoms with Crippen LogP contribution in [0.15, 0.2) is 67.0 Å². The summed E-state index contributed by atoms with van der Waals surface area (Å²) in [4.78, 5) is 18.4. The Bertz CT molecular complexity index is 1460. The standard InChI is InChI=1S/C25H25N9/c1-16-5-3-7-21(30-16)28-12-13-29-25-24(26)31-23(20-10-14-34(2)33-20)22(32-25)18-8-9-19-17(15-18)6-4-11-27-19/h3-11,14-15H,12-13H2,1-2H3,(H2,26,31)(H,28,30)(H,29,32). The molecule has 1 aromatic carbocycles. The van der Waals surface area contributed by atoms with Crippen molar-refractivity contribution in [3.8, 4) is 22.6 Å². The Kier molecular flexibility index (Phi) is 5.73. The normalized spacial score (nSPS) is 11.0. The number of hydrogen-bond acceptors (Lipinski definition) is 8. The third-order valence-corrected chi connectivity index (χ3v) is 5.37. The predicted octanol–water partition coefficient (Wildman–Crippen LogP) is 3.90. The molecule has 170 valence electrons. The molecule has 0 atom stereocenters. The quantitative estimate of drug-likeness (QED) is 0.319. The molecule has 0 amide bonds. The van der Waals surface area contributed by atoms with Crippen molar-refractivity contribution in [2.45, 2.75) is 6.92 Å². The van der Waals surface area contributed by atoms with E-state index in [1.54, 1.807) is 10.9 Å². The number of nitrogens with zero attached hydrogens (tertiary/aromatic N) is 6. The molecular formula is C25H25N9. The van der Waals surface area contributed by atoms with Gasteiger partial charge in [-0.05, 0) is 43.3 Å². The predicted molar refractivity (Wildman–Crippen MR) is 135 cm³/mol. The number of anilines is 3.